The van der Waals surface area contributed by atoms with E-state index in [2.05, 4.69) is 50.9 Å². The van der Waals surface area contributed by atoms with Gasteiger partial charge in [0, 0.05) is 37.3 Å². The number of hydrogen-bond acceptors (Lipinski definition) is 6. The minimum atomic E-state index is 0.126. The normalized spacial score (nSPS) is 16.4. The van der Waals surface area contributed by atoms with Gasteiger partial charge in [0.05, 0.1) is 5.75 Å². The summed E-state index contributed by atoms with van der Waals surface area (Å²) in [6.45, 7) is 6.34. The van der Waals surface area contributed by atoms with Gasteiger partial charge in [0.2, 0.25) is 5.91 Å². The van der Waals surface area contributed by atoms with E-state index < -0.39 is 0 Å². The molecule has 0 bridgehead atoms. The van der Waals surface area contributed by atoms with Crippen LogP contribution in [0.2, 0.25) is 0 Å². The zero-order chi connectivity index (χ0) is 22.8. The molecule has 3 aromatic heterocycles. The molecule has 1 fully saturated rings. The molecule has 9 heteroatoms. The van der Waals surface area contributed by atoms with Crippen LogP contribution in [-0.4, -0.2) is 59.0 Å². The molecule has 1 atom stereocenters. The fourth-order valence-corrected chi connectivity index (χ4v) is 5.35. The molecule has 1 aromatic carbocycles. The van der Waals surface area contributed by atoms with Gasteiger partial charge in [0.1, 0.15) is 5.82 Å². The minimum absolute atomic E-state index is 0.126. The van der Waals surface area contributed by atoms with E-state index in [1.165, 1.54) is 17.3 Å². The topological polar surface area (TPSA) is 81.2 Å². The smallest absolute Gasteiger partial charge is 0.233 e. The number of amides is 1. The average molecular weight is 462 g/mol. The van der Waals surface area contributed by atoms with E-state index >= 15 is 0 Å². The Balaban J connectivity index is 1.26. The molecule has 8 nitrogen and oxygen atoms in total. The third kappa shape index (κ3) is 4.37. The molecule has 1 saturated heterocycles. The molecule has 0 radical (unpaired) electrons. The molecule has 0 aliphatic carbocycles. The Kier molecular flexibility index (Phi) is 6.13. The maximum Gasteiger partial charge on any atom is 0.233 e. The Morgan fingerprint density at radius 2 is 2.03 bits per heavy atom. The Morgan fingerprint density at radius 3 is 2.88 bits per heavy atom. The van der Waals surface area contributed by atoms with Crippen molar-refractivity contribution in [3.8, 4) is 11.4 Å². The van der Waals surface area contributed by atoms with E-state index in [1.54, 1.807) is 0 Å². The van der Waals surface area contributed by atoms with E-state index in [4.69, 9.17) is 0 Å². The summed E-state index contributed by atoms with van der Waals surface area (Å²) in [5, 5.41) is 18.3. The molecule has 4 aromatic rings. The van der Waals surface area contributed by atoms with Crippen LogP contribution in [0.25, 0.3) is 17.0 Å². The fraction of sp³-hybridized carbons (Fsp3) is 0.375. The molecular formula is C24H27N7OS. The van der Waals surface area contributed by atoms with Gasteiger partial charge in [0.25, 0.3) is 0 Å². The predicted octanol–water partition coefficient (Wildman–Crippen LogP) is 3.81. The molecule has 170 valence electrons. The molecule has 5 rings (SSSR count). The van der Waals surface area contributed by atoms with Gasteiger partial charge in [-0.1, -0.05) is 41.6 Å². The van der Waals surface area contributed by atoms with E-state index in [0.717, 1.165) is 53.9 Å². The van der Waals surface area contributed by atoms with Crippen LogP contribution in [0.15, 0.2) is 53.8 Å². The highest BCUT2D eigenvalue weighted by Gasteiger charge is 2.28. The van der Waals surface area contributed by atoms with Crippen molar-refractivity contribution in [3.63, 3.8) is 0 Å². The van der Waals surface area contributed by atoms with Crippen molar-refractivity contribution in [1.29, 1.82) is 0 Å². The van der Waals surface area contributed by atoms with Crippen molar-refractivity contribution in [1.82, 2.24) is 34.3 Å². The molecule has 0 N–H and O–H groups in total. The van der Waals surface area contributed by atoms with Crippen LogP contribution in [-0.2, 0) is 11.3 Å². The summed E-state index contributed by atoms with van der Waals surface area (Å²) in [6, 6.07) is 14.1. The van der Waals surface area contributed by atoms with Crippen molar-refractivity contribution in [2.75, 3.05) is 18.8 Å². The van der Waals surface area contributed by atoms with Crippen LogP contribution >= 0.6 is 11.8 Å². The second-order valence-corrected chi connectivity index (χ2v) is 9.32. The average Bonchev–Trinajstić information content (AvgIpc) is 3.46. The predicted molar refractivity (Wildman–Crippen MR) is 128 cm³/mol. The largest absolute Gasteiger partial charge is 0.341 e. The lowest BCUT2D eigenvalue weighted by atomic mass is 9.97. The van der Waals surface area contributed by atoms with E-state index in [0.29, 0.717) is 12.3 Å². The number of nitrogens with zero attached hydrogens (tertiary/aromatic N) is 7. The quantitative estimate of drug-likeness (QED) is 0.406. The molecule has 1 amide bonds. The maximum atomic E-state index is 13.1. The third-order valence-corrected chi connectivity index (χ3v) is 7.06. The Morgan fingerprint density at radius 1 is 1.12 bits per heavy atom. The third-order valence-electron chi connectivity index (χ3n) is 6.11. The van der Waals surface area contributed by atoms with Gasteiger partial charge in [-0.15, -0.1) is 20.4 Å². The number of likely N-dealkylation sites (tertiary alicyclic amines) is 1. The first-order valence-corrected chi connectivity index (χ1v) is 12.3. The highest BCUT2D eigenvalue weighted by atomic mass is 32.2. The molecule has 1 unspecified atom stereocenters. The summed E-state index contributed by atoms with van der Waals surface area (Å²) in [6.07, 6.45) is 3.97. The maximum absolute atomic E-state index is 13.1. The van der Waals surface area contributed by atoms with E-state index in [-0.39, 0.29) is 11.8 Å². The van der Waals surface area contributed by atoms with Gasteiger partial charge in [-0.2, -0.15) is 0 Å². The number of thioether (sulfide) groups is 1. The first-order valence-electron chi connectivity index (χ1n) is 11.3. The number of pyridine rings is 1. The second-order valence-electron chi connectivity index (χ2n) is 8.37. The van der Waals surface area contributed by atoms with Crippen LogP contribution in [0.1, 0.15) is 37.1 Å². The summed E-state index contributed by atoms with van der Waals surface area (Å²) >= 11 is 1.46. The number of aryl methyl sites for hydroxylation is 1. The SMILES string of the molecule is CCn1c(SCC(=O)N2CCCC(c3nnc4ccccn34)C2)nnc1-c1cccc(C)c1. The number of rotatable bonds is 6. The molecule has 0 spiro atoms. The molecule has 4 heterocycles. The van der Waals surface area contributed by atoms with Crippen LogP contribution in [0.3, 0.4) is 0 Å². The molecule has 1 aliphatic rings. The van der Waals surface area contributed by atoms with Crippen LogP contribution < -0.4 is 0 Å². The highest BCUT2D eigenvalue weighted by molar-refractivity contribution is 7.99. The number of aromatic nitrogens is 6. The Labute approximate surface area is 197 Å². The van der Waals surface area contributed by atoms with Crippen LogP contribution in [0.4, 0.5) is 0 Å². The van der Waals surface area contributed by atoms with Gasteiger partial charge in [-0.3, -0.25) is 9.20 Å². The zero-order valence-corrected chi connectivity index (χ0v) is 19.7. The van der Waals surface area contributed by atoms with Gasteiger partial charge in [-0.25, -0.2) is 0 Å². The van der Waals surface area contributed by atoms with E-state index in [9.17, 15) is 4.79 Å². The Bertz CT molecular complexity index is 1280. The number of fused-ring (bicyclic) bond motifs is 1. The zero-order valence-electron chi connectivity index (χ0n) is 18.9. The van der Waals surface area contributed by atoms with Crippen molar-refractivity contribution in [2.24, 2.45) is 0 Å². The molecular weight excluding hydrogens is 434 g/mol. The summed E-state index contributed by atoms with van der Waals surface area (Å²) in [7, 11) is 0. The number of carbonyl (C=O) groups is 1. The first kappa shape index (κ1) is 21.6. The van der Waals surface area contributed by atoms with Gasteiger partial charge in [0.15, 0.2) is 16.6 Å². The number of carbonyl (C=O) groups excluding carboxylic acids is 1. The second kappa shape index (κ2) is 9.35. The van der Waals surface area contributed by atoms with E-state index in [1.807, 2.05) is 45.8 Å². The summed E-state index contributed by atoms with van der Waals surface area (Å²) in [4.78, 5) is 15.0. The Hall–Kier alpha value is -3.20. The first-order chi connectivity index (χ1) is 16.1. The number of piperidine rings is 1. The van der Waals surface area contributed by atoms with Crippen molar-refractivity contribution in [2.45, 2.75) is 44.3 Å². The lowest BCUT2D eigenvalue weighted by molar-refractivity contribution is -0.129. The standard InChI is InChI=1S/C24H27N7OS/c1-3-30-22(18-9-6-8-17(2)14-18)27-28-24(30)33-16-21(32)29-12-7-10-19(15-29)23-26-25-20-11-4-5-13-31(20)23/h4-6,8-9,11,13-14,19H,3,7,10,12,15-16H2,1-2H3. The minimum Gasteiger partial charge on any atom is -0.341 e. The lowest BCUT2D eigenvalue weighted by Gasteiger charge is -2.32. The lowest BCUT2D eigenvalue weighted by Crippen LogP contribution is -2.40. The summed E-state index contributed by atoms with van der Waals surface area (Å²) < 4.78 is 4.11. The van der Waals surface area contributed by atoms with Gasteiger partial charge in [-0.05, 0) is 44.9 Å². The van der Waals surface area contributed by atoms with Gasteiger partial charge >= 0.3 is 0 Å². The highest BCUT2D eigenvalue weighted by Crippen LogP contribution is 2.28. The van der Waals surface area contributed by atoms with Crippen molar-refractivity contribution >= 4 is 23.3 Å². The van der Waals surface area contributed by atoms with Crippen molar-refractivity contribution < 1.29 is 4.79 Å². The molecule has 1 aliphatic heterocycles. The van der Waals surface area contributed by atoms with Crippen molar-refractivity contribution in [3.05, 3.63) is 60.0 Å². The van der Waals surface area contributed by atoms with Gasteiger partial charge < -0.3 is 9.47 Å². The number of benzene rings is 1. The monoisotopic (exact) mass is 461 g/mol. The number of hydrogen-bond donors (Lipinski definition) is 0. The fourth-order valence-electron chi connectivity index (χ4n) is 4.45. The van der Waals surface area contributed by atoms with Crippen LogP contribution in [0, 0.1) is 6.92 Å². The summed E-state index contributed by atoms with van der Waals surface area (Å²) in [5.41, 5.74) is 3.07. The van der Waals surface area contributed by atoms with Crippen LogP contribution in [0.5, 0.6) is 0 Å². The summed E-state index contributed by atoms with van der Waals surface area (Å²) in [5.74, 6) is 2.44. The molecule has 0 saturated carbocycles. The molecule has 33 heavy (non-hydrogen) atoms.